The Morgan fingerprint density at radius 2 is 2.35 bits per heavy atom. The van der Waals surface area contributed by atoms with Crippen molar-refractivity contribution in [3.63, 3.8) is 0 Å². The lowest BCUT2D eigenvalue weighted by Gasteiger charge is -2.11. The zero-order valence-corrected chi connectivity index (χ0v) is 10.4. The Bertz CT molecular complexity index is 367. The Hall–Kier alpha value is -1.78. The number of rotatable bonds is 6. The van der Waals surface area contributed by atoms with Crippen LogP contribution in [-0.2, 0) is 4.79 Å². The van der Waals surface area contributed by atoms with Crippen molar-refractivity contribution in [3.05, 3.63) is 18.3 Å². The first-order valence-corrected chi connectivity index (χ1v) is 5.86. The van der Waals surface area contributed by atoms with E-state index in [-0.39, 0.29) is 11.9 Å². The van der Waals surface area contributed by atoms with Gasteiger partial charge in [0.15, 0.2) is 0 Å². The molecule has 4 N–H and O–H groups in total. The van der Waals surface area contributed by atoms with Crippen LogP contribution in [0.15, 0.2) is 18.3 Å². The minimum absolute atomic E-state index is 0.0638. The zero-order valence-electron chi connectivity index (χ0n) is 10.4. The number of nitrogens with zero attached hydrogens (tertiary/aromatic N) is 1. The summed E-state index contributed by atoms with van der Waals surface area (Å²) in [5.74, 6) is 0.535. The molecule has 5 heteroatoms. The molecule has 1 unspecified atom stereocenters. The van der Waals surface area contributed by atoms with Crippen LogP contribution in [0.5, 0.6) is 0 Å². The lowest BCUT2D eigenvalue weighted by Crippen LogP contribution is -2.32. The van der Waals surface area contributed by atoms with Crippen molar-refractivity contribution in [2.24, 2.45) is 0 Å². The normalized spacial score (nSPS) is 11.9. The highest BCUT2D eigenvalue weighted by Gasteiger charge is 2.04. The maximum atomic E-state index is 11.5. The lowest BCUT2D eigenvalue weighted by atomic mass is 10.2. The molecule has 0 aliphatic heterocycles. The van der Waals surface area contributed by atoms with Gasteiger partial charge in [0.1, 0.15) is 5.82 Å². The van der Waals surface area contributed by atoms with E-state index in [1.54, 1.807) is 12.3 Å². The number of hydrogen-bond acceptors (Lipinski definition) is 4. The van der Waals surface area contributed by atoms with Crippen LogP contribution >= 0.6 is 0 Å². The van der Waals surface area contributed by atoms with Crippen molar-refractivity contribution < 1.29 is 4.79 Å². The second-order valence-electron chi connectivity index (χ2n) is 4.02. The summed E-state index contributed by atoms with van der Waals surface area (Å²) in [5.41, 5.74) is 6.43. The third kappa shape index (κ3) is 5.19. The summed E-state index contributed by atoms with van der Waals surface area (Å²) in [6.07, 6.45) is 3.03. The summed E-state index contributed by atoms with van der Waals surface area (Å²) >= 11 is 0. The van der Waals surface area contributed by atoms with Crippen LogP contribution in [0, 0.1) is 0 Å². The van der Waals surface area contributed by atoms with Gasteiger partial charge in [-0.25, -0.2) is 4.98 Å². The molecular weight excluding hydrogens is 216 g/mol. The number of amides is 1. The van der Waals surface area contributed by atoms with Crippen LogP contribution in [0.3, 0.4) is 0 Å². The largest absolute Gasteiger partial charge is 0.384 e. The minimum Gasteiger partial charge on any atom is -0.384 e. The Kier molecular flexibility index (Phi) is 5.26. The molecule has 0 spiro atoms. The average Bonchev–Trinajstić information content (AvgIpc) is 2.29. The minimum atomic E-state index is 0.0638. The van der Waals surface area contributed by atoms with Crippen LogP contribution in [0.2, 0.25) is 0 Å². The van der Waals surface area contributed by atoms with E-state index in [9.17, 15) is 4.79 Å². The molecule has 94 valence electrons. The summed E-state index contributed by atoms with van der Waals surface area (Å²) < 4.78 is 0. The second-order valence-corrected chi connectivity index (χ2v) is 4.02. The number of carbonyl (C=O) groups is 1. The van der Waals surface area contributed by atoms with Gasteiger partial charge in [-0.3, -0.25) is 4.79 Å². The molecule has 0 saturated carbocycles. The molecule has 1 amide bonds. The molecule has 0 aliphatic rings. The van der Waals surface area contributed by atoms with Crippen molar-refractivity contribution in [2.45, 2.75) is 32.7 Å². The average molecular weight is 236 g/mol. The fourth-order valence-corrected chi connectivity index (χ4v) is 1.33. The zero-order chi connectivity index (χ0) is 12.7. The van der Waals surface area contributed by atoms with E-state index in [2.05, 4.69) is 15.6 Å². The topological polar surface area (TPSA) is 80.0 Å². The molecule has 0 fully saturated rings. The monoisotopic (exact) mass is 236 g/mol. The quantitative estimate of drug-likeness (QED) is 0.697. The van der Waals surface area contributed by atoms with E-state index in [1.165, 1.54) is 0 Å². The first kappa shape index (κ1) is 13.3. The van der Waals surface area contributed by atoms with Gasteiger partial charge < -0.3 is 16.4 Å². The summed E-state index contributed by atoms with van der Waals surface area (Å²) in [7, 11) is 0. The molecule has 1 aromatic heterocycles. The summed E-state index contributed by atoms with van der Waals surface area (Å²) in [6, 6.07) is 3.80. The molecule has 0 bridgehead atoms. The van der Waals surface area contributed by atoms with Gasteiger partial charge in [0, 0.05) is 37.0 Å². The van der Waals surface area contributed by atoms with E-state index < -0.39 is 0 Å². The van der Waals surface area contributed by atoms with Crippen molar-refractivity contribution in [3.8, 4) is 0 Å². The molecule has 0 aliphatic carbocycles. The molecule has 1 aromatic rings. The maximum absolute atomic E-state index is 11.5. The Morgan fingerprint density at radius 1 is 1.59 bits per heavy atom. The van der Waals surface area contributed by atoms with Gasteiger partial charge in [-0.15, -0.1) is 0 Å². The smallest absolute Gasteiger partial charge is 0.221 e. The van der Waals surface area contributed by atoms with Gasteiger partial charge in [-0.05, 0) is 19.4 Å². The van der Waals surface area contributed by atoms with Gasteiger partial charge in [-0.1, -0.05) is 6.92 Å². The van der Waals surface area contributed by atoms with Crippen molar-refractivity contribution in [1.29, 1.82) is 0 Å². The third-order valence-corrected chi connectivity index (χ3v) is 2.48. The maximum Gasteiger partial charge on any atom is 0.221 e. The van der Waals surface area contributed by atoms with Crippen molar-refractivity contribution in [2.75, 3.05) is 17.6 Å². The van der Waals surface area contributed by atoms with Crippen molar-refractivity contribution >= 4 is 17.4 Å². The van der Waals surface area contributed by atoms with Crippen LogP contribution in [0.1, 0.15) is 26.7 Å². The molecule has 0 saturated heterocycles. The molecule has 1 atom stereocenters. The standard InChI is InChI=1S/C12H20N4O/c1-3-9(2)16-12(17)5-7-14-10-4-6-15-11(13)8-10/h4,6,8-9H,3,5,7H2,1-2H3,(H,16,17)(H3,13,14,15). The molecule has 5 nitrogen and oxygen atoms in total. The molecule has 0 aromatic carbocycles. The van der Waals surface area contributed by atoms with E-state index >= 15 is 0 Å². The van der Waals surface area contributed by atoms with Crippen LogP contribution < -0.4 is 16.4 Å². The Balaban J connectivity index is 2.26. The third-order valence-electron chi connectivity index (χ3n) is 2.48. The fourth-order valence-electron chi connectivity index (χ4n) is 1.33. The number of nitrogens with one attached hydrogen (secondary N) is 2. The van der Waals surface area contributed by atoms with Crippen LogP contribution in [0.25, 0.3) is 0 Å². The van der Waals surface area contributed by atoms with E-state index in [0.29, 0.717) is 18.8 Å². The number of nitrogens with two attached hydrogens (primary N) is 1. The Labute approximate surface area is 102 Å². The second kappa shape index (κ2) is 6.73. The van der Waals surface area contributed by atoms with Crippen molar-refractivity contribution in [1.82, 2.24) is 10.3 Å². The van der Waals surface area contributed by atoms with E-state index in [1.807, 2.05) is 19.9 Å². The number of hydrogen-bond donors (Lipinski definition) is 3. The highest BCUT2D eigenvalue weighted by atomic mass is 16.1. The van der Waals surface area contributed by atoms with Gasteiger partial charge in [0.25, 0.3) is 0 Å². The SMILES string of the molecule is CCC(C)NC(=O)CCNc1ccnc(N)c1. The van der Waals surface area contributed by atoms with Gasteiger partial charge in [0.05, 0.1) is 0 Å². The lowest BCUT2D eigenvalue weighted by molar-refractivity contribution is -0.121. The molecular formula is C12H20N4O. The van der Waals surface area contributed by atoms with Crippen LogP contribution in [0.4, 0.5) is 11.5 Å². The highest BCUT2D eigenvalue weighted by Crippen LogP contribution is 2.08. The fraction of sp³-hybridized carbons (Fsp3) is 0.500. The number of aromatic nitrogens is 1. The molecule has 1 rings (SSSR count). The number of anilines is 2. The van der Waals surface area contributed by atoms with Gasteiger partial charge in [0.2, 0.25) is 5.91 Å². The predicted octanol–water partition coefficient (Wildman–Crippen LogP) is 1.38. The Morgan fingerprint density at radius 3 is 3.00 bits per heavy atom. The van der Waals surface area contributed by atoms with Gasteiger partial charge >= 0.3 is 0 Å². The van der Waals surface area contributed by atoms with Gasteiger partial charge in [-0.2, -0.15) is 0 Å². The molecule has 0 radical (unpaired) electrons. The first-order chi connectivity index (χ1) is 8.11. The van der Waals surface area contributed by atoms with E-state index in [4.69, 9.17) is 5.73 Å². The summed E-state index contributed by atoms with van der Waals surface area (Å²) in [6.45, 7) is 4.63. The van der Waals surface area contributed by atoms with Crippen LogP contribution in [-0.4, -0.2) is 23.5 Å². The number of nitrogen functional groups attached to an aromatic ring is 1. The molecule has 1 heterocycles. The number of carbonyl (C=O) groups excluding carboxylic acids is 1. The summed E-state index contributed by atoms with van der Waals surface area (Å²) in [4.78, 5) is 15.4. The highest BCUT2D eigenvalue weighted by molar-refractivity contribution is 5.76. The molecule has 17 heavy (non-hydrogen) atoms. The van der Waals surface area contributed by atoms with E-state index in [0.717, 1.165) is 12.1 Å². The predicted molar refractivity (Wildman–Crippen MR) is 69.7 cm³/mol. The summed E-state index contributed by atoms with van der Waals surface area (Å²) in [5, 5.41) is 6.04. The number of pyridine rings is 1. The first-order valence-electron chi connectivity index (χ1n) is 5.86.